The number of aliphatic hydroxyl groups excluding tert-OH is 1. The number of hydrogen-bond acceptors (Lipinski definition) is 2. The molecular formula is C16H23NO2. The Bertz CT molecular complexity index is 417. The summed E-state index contributed by atoms with van der Waals surface area (Å²) >= 11 is 0. The molecule has 0 spiro atoms. The highest BCUT2D eigenvalue weighted by atomic mass is 16.3. The first-order valence-electron chi connectivity index (χ1n) is 7.13. The molecule has 0 aromatic heterocycles. The SMILES string of the molecule is CCC(CC)(CO)NC(=O)[C@@H]1C[C@@H]1c1ccccc1. The Kier molecular flexibility index (Phi) is 4.25. The lowest BCUT2D eigenvalue weighted by atomic mass is 9.93. The van der Waals surface area contributed by atoms with Gasteiger partial charge in [-0.15, -0.1) is 0 Å². The van der Waals surface area contributed by atoms with E-state index >= 15 is 0 Å². The van der Waals surface area contributed by atoms with Crippen LogP contribution in [0.25, 0.3) is 0 Å². The molecule has 2 N–H and O–H groups in total. The summed E-state index contributed by atoms with van der Waals surface area (Å²) < 4.78 is 0. The van der Waals surface area contributed by atoms with Crippen LogP contribution in [0, 0.1) is 5.92 Å². The summed E-state index contributed by atoms with van der Waals surface area (Å²) in [6.07, 6.45) is 2.44. The molecule has 104 valence electrons. The van der Waals surface area contributed by atoms with Crippen molar-refractivity contribution in [2.24, 2.45) is 5.92 Å². The van der Waals surface area contributed by atoms with Crippen LogP contribution in [0.4, 0.5) is 0 Å². The van der Waals surface area contributed by atoms with Gasteiger partial charge in [-0.3, -0.25) is 4.79 Å². The molecule has 0 saturated heterocycles. The normalized spacial score (nSPS) is 22.1. The molecule has 1 aliphatic carbocycles. The van der Waals surface area contributed by atoms with E-state index in [9.17, 15) is 9.90 Å². The molecule has 2 atom stereocenters. The van der Waals surface area contributed by atoms with Crippen molar-refractivity contribution in [3.8, 4) is 0 Å². The highest BCUT2D eigenvalue weighted by Gasteiger charge is 2.45. The number of hydrogen-bond donors (Lipinski definition) is 2. The van der Waals surface area contributed by atoms with Gasteiger partial charge < -0.3 is 10.4 Å². The molecule has 0 unspecified atom stereocenters. The van der Waals surface area contributed by atoms with Crippen molar-refractivity contribution >= 4 is 5.91 Å². The monoisotopic (exact) mass is 261 g/mol. The van der Waals surface area contributed by atoms with Crippen molar-refractivity contribution in [3.05, 3.63) is 35.9 Å². The minimum Gasteiger partial charge on any atom is -0.394 e. The average Bonchev–Trinajstić information content (AvgIpc) is 3.26. The predicted molar refractivity (Wildman–Crippen MR) is 75.8 cm³/mol. The zero-order chi connectivity index (χ0) is 13.9. The number of rotatable bonds is 6. The lowest BCUT2D eigenvalue weighted by molar-refractivity contribution is -0.125. The van der Waals surface area contributed by atoms with E-state index in [1.165, 1.54) is 5.56 Å². The molecule has 1 saturated carbocycles. The van der Waals surface area contributed by atoms with Crippen LogP contribution in [0.15, 0.2) is 30.3 Å². The third-order valence-corrected chi connectivity index (χ3v) is 4.40. The highest BCUT2D eigenvalue weighted by Crippen LogP contribution is 2.47. The smallest absolute Gasteiger partial charge is 0.224 e. The van der Waals surface area contributed by atoms with Gasteiger partial charge in [-0.25, -0.2) is 0 Å². The molecule has 1 aliphatic rings. The molecule has 0 heterocycles. The molecule has 3 heteroatoms. The van der Waals surface area contributed by atoms with E-state index in [4.69, 9.17) is 0 Å². The van der Waals surface area contributed by atoms with E-state index in [-0.39, 0.29) is 18.4 Å². The van der Waals surface area contributed by atoms with E-state index in [1.54, 1.807) is 0 Å². The van der Waals surface area contributed by atoms with Crippen LogP contribution in [0.2, 0.25) is 0 Å². The maximum Gasteiger partial charge on any atom is 0.224 e. The topological polar surface area (TPSA) is 49.3 Å². The largest absolute Gasteiger partial charge is 0.394 e. The highest BCUT2D eigenvalue weighted by molar-refractivity contribution is 5.83. The van der Waals surface area contributed by atoms with Gasteiger partial charge in [-0.1, -0.05) is 44.2 Å². The van der Waals surface area contributed by atoms with Gasteiger partial charge in [0.2, 0.25) is 5.91 Å². The predicted octanol–water partition coefficient (Wildman–Crippen LogP) is 2.46. The fourth-order valence-electron chi connectivity index (χ4n) is 2.60. The van der Waals surface area contributed by atoms with Gasteiger partial charge in [0.25, 0.3) is 0 Å². The van der Waals surface area contributed by atoms with E-state index < -0.39 is 5.54 Å². The van der Waals surface area contributed by atoms with Crippen molar-refractivity contribution in [1.29, 1.82) is 0 Å². The summed E-state index contributed by atoms with van der Waals surface area (Å²) in [5.41, 5.74) is 0.797. The van der Waals surface area contributed by atoms with Crippen LogP contribution in [0.3, 0.4) is 0 Å². The lowest BCUT2D eigenvalue weighted by Gasteiger charge is -2.30. The fourth-order valence-corrected chi connectivity index (χ4v) is 2.60. The fraction of sp³-hybridized carbons (Fsp3) is 0.562. The second kappa shape index (κ2) is 5.74. The summed E-state index contributed by atoms with van der Waals surface area (Å²) in [4.78, 5) is 12.3. The number of nitrogens with one attached hydrogen (secondary N) is 1. The van der Waals surface area contributed by atoms with E-state index in [0.717, 1.165) is 19.3 Å². The zero-order valence-electron chi connectivity index (χ0n) is 11.7. The number of carbonyl (C=O) groups is 1. The van der Waals surface area contributed by atoms with Crippen LogP contribution in [0.1, 0.15) is 44.6 Å². The molecule has 19 heavy (non-hydrogen) atoms. The van der Waals surface area contributed by atoms with Crippen LogP contribution in [-0.4, -0.2) is 23.2 Å². The van der Waals surface area contributed by atoms with E-state index in [0.29, 0.717) is 5.92 Å². The summed E-state index contributed by atoms with van der Waals surface area (Å²) in [5, 5.41) is 12.5. The Morgan fingerprint density at radius 1 is 1.32 bits per heavy atom. The molecule has 1 amide bonds. The first kappa shape index (κ1) is 14.1. The van der Waals surface area contributed by atoms with Crippen LogP contribution < -0.4 is 5.32 Å². The maximum absolute atomic E-state index is 12.3. The van der Waals surface area contributed by atoms with Crippen molar-refractivity contribution in [2.75, 3.05) is 6.61 Å². The summed E-state index contributed by atoms with van der Waals surface area (Å²) in [6.45, 7) is 4.01. The number of amides is 1. The third kappa shape index (κ3) is 2.98. The van der Waals surface area contributed by atoms with Crippen LogP contribution in [-0.2, 0) is 4.79 Å². The lowest BCUT2D eigenvalue weighted by Crippen LogP contribution is -2.51. The molecule has 1 fully saturated rings. The number of aliphatic hydroxyl groups is 1. The average molecular weight is 261 g/mol. The number of benzene rings is 1. The van der Waals surface area contributed by atoms with E-state index in [1.807, 2.05) is 32.0 Å². The minimum atomic E-state index is -0.444. The third-order valence-electron chi connectivity index (χ3n) is 4.40. The second-order valence-corrected chi connectivity index (χ2v) is 5.49. The van der Waals surface area contributed by atoms with Crippen molar-refractivity contribution < 1.29 is 9.90 Å². The first-order valence-corrected chi connectivity index (χ1v) is 7.13. The Labute approximate surface area is 115 Å². The van der Waals surface area contributed by atoms with Gasteiger partial charge in [-0.05, 0) is 30.7 Å². The van der Waals surface area contributed by atoms with Gasteiger partial charge in [0, 0.05) is 5.92 Å². The summed E-state index contributed by atoms with van der Waals surface area (Å²) in [6, 6.07) is 10.2. The molecule has 1 aromatic carbocycles. The molecule has 0 aliphatic heterocycles. The molecule has 0 radical (unpaired) electrons. The molecule has 3 nitrogen and oxygen atoms in total. The van der Waals surface area contributed by atoms with E-state index in [2.05, 4.69) is 17.4 Å². The Morgan fingerprint density at radius 3 is 2.47 bits per heavy atom. The quantitative estimate of drug-likeness (QED) is 0.826. The van der Waals surface area contributed by atoms with Gasteiger partial charge in [0.1, 0.15) is 0 Å². The zero-order valence-corrected chi connectivity index (χ0v) is 11.7. The van der Waals surface area contributed by atoms with Crippen molar-refractivity contribution in [2.45, 2.75) is 44.6 Å². The van der Waals surface area contributed by atoms with Crippen LogP contribution >= 0.6 is 0 Å². The second-order valence-electron chi connectivity index (χ2n) is 5.49. The Balaban J connectivity index is 1.96. The first-order chi connectivity index (χ1) is 9.15. The Hall–Kier alpha value is -1.35. The number of carbonyl (C=O) groups excluding carboxylic acids is 1. The molecule has 0 bridgehead atoms. The van der Waals surface area contributed by atoms with Crippen molar-refractivity contribution in [1.82, 2.24) is 5.32 Å². The Morgan fingerprint density at radius 2 is 1.95 bits per heavy atom. The molecule has 2 rings (SSSR count). The van der Waals surface area contributed by atoms with Gasteiger partial charge in [0.15, 0.2) is 0 Å². The van der Waals surface area contributed by atoms with Gasteiger partial charge in [0.05, 0.1) is 12.1 Å². The van der Waals surface area contributed by atoms with Crippen molar-refractivity contribution in [3.63, 3.8) is 0 Å². The summed E-state index contributed by atoms with van der Waals surface area (Å²) in [5.74, 6) is 0.518. The molecular weight excluding hydrogens is 238 g/mol. The van der Waals surface area contributed by atoms with Gasteiger partial charge >= 0.3 is 0 Å². The van der Waals surface area contributed by atoms with Gasteiger partial charge in [-0.2, -0.15) is 0 Å². The molecule has 1 aromatic rings. The standard InChI is InChI=1S/C16H23NO2/c1-3-16(4-2,11-18)17-15(19)14-10-13(14)12-8-6-5-7-9-12/h5-9,13-14,18H,3-4,10-11H2,1-2H3,(H,17,19)/t13-,14-/m1/s1. The summed E-state index contributed by atoms with van der Waals surface area (Å²) in [7, 11) is 0. The maximum atomic E-state index is 12.3. The minimum absolute atomic E-state index is 0.00840. The van der Waals surface area contributed by atoms with Crippen LogP contribution in [0.5, 0.6) is 0 Å².